The number of halogens is 1. The molecule has 1 heterocycles. The first-order valence-electron chi connectivity index (χ1n) is 3.43. The topological polar surface area (TPSA) is 42.3 Å². The van der Waals surface area contributed by atoms with Crippen molar-refractivity contribution in [3.63, 3.8) is 0 Å². The van der Waals surface area contributed by atoms with E-state index in [0.29, 0.717) is 0 Å². The Bertz CT molecular complexity index is 321. The normalized spacial score (nSPS) is 11.8. The van der Waals surface area contributed by atoms with E-state index >= 15 is 0 Å². The summed E-state index contributed by atoms with van der Waals surface area (Å²) >= 11 is 3.23. The quantitative estimate of drug-likeness (QED) is 0.441. The van der Waals surface area contributed by atoms with Gasteiger partial charge in [0.15, 0.2) is 0 Å². The van der Waals surface area contributed by atoms with Crippen LogP contribution in [-0.4, -0.2) is 11.1 Å². The van der Waals surface area contributed by atoms with Crippen molar-refractivity contribution in [2.24, 2.45) is 4.99 Å². The molecule has 0 spiro atoms. The van der Waals surface area contributed by atoms with E-state index in [9.17, 15) is 4.79 Å². The molecule has 0 aliphatic carbocycles. The van der Waals surface area contributed by atoms with Crippen molar-refractivity contribution < 1.29 is 4.79 Å². The summed E-state index contributed by atoms with van der Waals surface area (Å²) < 4.78 is 0.743. The number of hydrogen-bond donors (Lipinski definition) is 0. The minimum Gasteiger partial charge on any atom is -0.244 e. The molecule has 1 rings (SSSR count). The maximum atomic E-state index is 9.94. The molecule has 0 aromatic carbocycles. The first-order valence-corrected chi connectivity index (χ1v) is 4.23. The second-order valence-electron chi connectivity index (χ2n) is 2.28. The molecule has 0 saturated heterocycles. The van der Waals surface area contributed by atoms with Gasteiger partial charge in [0.2, 0.25) is 6.08 Å². The fourth-order valence-electron chi connectivity index (χ4n) is 0.802. The highest BCUT2D eigenvalue weighted by molar-refractivity contribution is 9.10. The monoisotopic (exact) mass is 226 g/mol. The van der Waals surface area contributed by atoms with Gasteiger partial charge < -0.3 is 0 Å². The number of isocyanates is 1. The number of carbonyl (C=O) groups excluding carboxylic acids is 1. The predicted molar refractivity (Wildman–Crippen MR) is 48.5 cm³/mol. The molecule has 0 N–H and O–H groups in total. The van der Waals surface area contributed by atoms with Crippen LogP contribution in [0.15, 0.2) is 27.8 Å². The number of pyridine rings is 1. The number of hydrogen-bond acceptors (Lipinski definition) is 3. The van der Waals surface area contributed by atoms with Gasteiger partial charge in [-0.05, 0) is 35.0 Å². The lowest BCUT2D eigenvalue weighted by molar-refractivity contribution is 0.559. The van der Waals surface area contributed by atoms with Crippen molar-refractivity contribution in [3.05, 3.63) is 28.5 Å². The molecule has 0 fully saturated rings. The van der Waals surface area contributed by atoms with E-state index in [-0.39, 0.29) is 6.04 Å². The van der Waals surface area contributed by atoms with Gasteiger partial charge in [-0.3, -0.25) is 0 Å². The van der Waals surface area contributed by atoms with Gasteiger partial charge in [0, 0.05) is 0 Å². The van der Waals surface area contributed by atoms with Crippen LogP contribution in [0.25, 0.3) is 0 Å². The summed E-state index contributed by atoms with van der Waals surface area (Å²) in [5, 5.41) is 0. The maximum Gasteiger partial charge on any atom is 0.235 e. The van der Waals surface area contributed by atoms with Crippen molar-refractivity contribution in [1.29, 1.82) is 0 Å². The van der Waals surface area contributed by atoms with Crippen LogP contribution in [0, 0.1) is 0 Å². The van der Waals surface area contributed by atoms with Crippen LogP contribution in [0.2, 0.25) is 0 Å². The van der Waals surface area contributed by atoms with Gasteiger partial charge >= 0.3 is 0 Å². The summed E-state index contributed by atoms with van der Waals surface area (Å²) in [5.74, 6) is 0. The molecule has 0 radical (unpaired) electrons. The summed E-state index contributed by atoms with van der Waals surface area (Å²) in [6.07, 6.45) is 1.51. The largest absolute Gasteiger partial charge is 0.244 e. The SMILES string of the molecule is CC(N=C=O)c1cccc(Br)n1. The van der Waals surface area contributed by atoms with Crippen LogP contribution in [0.1, 0.15) is 18.7 Å². The Hall–Kier alpha value is -0.990. The second-order valence-corrected chi connectivity index (χ2v) is 3.09. The van der Waals surface area contributed by atoms with Crippen LogP contribution in [0.4, 0.5) is 0 Å². The minimum atomic E-state index is -0.222. The van der Waals surface area contributed by atoms with Gasteiger partial charge in [-0.15, -0.1) is 0 Å². The maximum absolute atomic E-state index is 9.94. The van der Waals surface area contributed by atoms with Crippen LogP contribution in [0.3, 0.4) is 0 Å². The molecule has 0 aliphatic heterocycles. The number of nitrogens with zero attached hydrogens (tertiary/aromatic N) is 2. The third kappa shape index (κ3) is 2.26. The highest BCUT2D eigenvalue weighted by Crippen LogP contribution is 2.15. The summed E-state index contributed by atoms with van der Waals surface area (Å²) in [6, 6.07) is 5.26. The Balaban J connectivity index is 2.94. The fourth-order valence-corrected chi connectivity index (χ4v) is 1.16. The van der Waals surface area contributed by atoms with Gasteiger partial charge in [0.1, 0.15) is 10.6 Å². The van der Waals surface area contributed by atoms with Crippen LogP contribution in [-0.2, 0) is 4.79 Å². The second kappa shape index (κ2) is 4.14. The van der Waals surface area contributed by atoms with Crippen molar-refractivity contribution in [2.45, 2.75) is 13.0 Å². The van der Waals surface area contributed by atoms with Gasteiger partial charge in [-0.2, -0.15) is 4.99 Å². The lowest BCUT2D eigenvalue weighted by Crippen LogP contribution is -1.93. The van der Waals surface area contributed by atoms with E-state index in [2.05, 4.69) is 25.9 Å². The predicted octanol–water partition coefficient (Wildman–Crippen LogP) is 2.24. The molecule has 3 nitrogen and oxygen atoms in total. The molecule has 1 aromatic heterocycles. The summed E-state index contributed by atoms with van der Waals surface area (Å²) in [6.45, 7) is 1.79. The summed E-state index contributed by atoms with van der Waals surface area (Å²) in [4.78, 5) is 17.6. The first-order chi connectivity index (χ1) is 5.74. The van der Waals surface area contributed by atoms with Gasteiger partial charge in [0.05, 0.1) is 5.69 Å². The molecule has 0 amide bonds. The fraction of sp³-hybridized carbons (Fsp3) is 0.250. The van der Waals surface area contributed by atoms with Crippen LogP contribution in [0.5, 0.6) is 0 Å². The Labute approximate surface area is 78.7 Å². The van der Waals surface area contributed by atoms with Crippen LogP contribution < -0.4 is 0 Å². The lowest BCUT2D eigenvalue weighted by Gasteiger charge is -2.02. The zero-order valence-corrected chi connectivity index (χ0v) is 8.08. The highest BCUT2D eigenvalue weighted by atomic mass is 79.9. The smallest absolute Gasteiger partial charge is 0.235 e. The van der Waals surface area contributed by atoms with Crippen molar-refractivity contribution >= 4 is 22.0 Å². The molecule has 62 valence electrons. The van der Waals surface area contributed by atoms with E-state index in [1.165, 1.54) is 6.08 Å². The van der Waals surface area contributed by atoms with Crippen molar-refractivity contribution in [2.75, 3.05) is 0 Å². The average Bonchev–Trinajstić information content (AvgIpc) is 2.05. The van der Waals surface area contributed by atoms with Crippen molar-refractivity contribution in [3.8, 4) is 0 Å². The number of aliphatic imine (C=N–C) groups is 1. The molecular formula is C8H7BrN2O. The van der Waals surface area contributed by atoms with E-state index in [0.717, 1.165) is 10.3 Å². The third-order valence-electron chi connectivity index (χ3n) is 1.41. The standard InChI is InChI=1S/C8H7BrN2O/c1-6(10-5-12)7-3-2-4-8(9)11-7/h2-4,6H,1H3. The highest BCUT2D eigenvalue weighted by Gasteiger charge is 2.03. The zero-order chi connectivity index (χ0) is 8.97. The number of aromatic nitrogens is 1. The molecule has 0 aliphatic rings. The van der Waals surface area contributed by atoms with E-state index in [1.54, 1.807) is 6.92 Å². The molecule has 4 heteroatoms. The zero-order valence-electron chi connectivity index (χ0n) is 6.49. The Morgan fingerprint density at radius 3 is 3.00 bits per heavy atom. The van der Waals surface area contributed by atoms with Gasteiger partial charge in [0.25, 0.3) is 0 Å². The minimum absolute atomic E-state index is 0.222. The van der Waals surface area contributed by atoms with E-state index in [1.807, 2.05) is 18.2 Å². The molecule has 1 atom stereocenters. The first kappa shape index (κ1) is 9.10. The Morgan fingerprint density at radius 1 is 1.67 bits per heavy atom. The van der Waals surface area contributed by atoms with Crippen molar-refractivity contribution in [1.82, 2.24) is 4.98 Å². The molecule has 1 aromatic rings. The molecule has 0 saturated carbocycles. The molecular weight excluding hydrogens is 220 g/mol. The van der Waals surface area contributed by atoms with Crippen LogP contribution >= 0.6 is 15.9 Å². The third-order valence-corrected chi connectivity index (χ3v) is 1.85. The van der Waals surface area contributed by atoms with Gasteiger partial charge in [-0.25, -0.2) is 9.78 Å². The summed E-state index contributed by atoms with van der Waals surface area (Å²) in [7, 11) is 0. The van der Waals surface area contributed by atoms with E-state index in [4.69, 9.17) is 0 Å². The molecule has 12 heavy (non-hydrogen) atoms. The molecule has 1 unspecified atom stereocenters. The number of rotatable bonds is 2. The van der Waals surface area contributed by atoms with E-state index < -0.39 is 0 Å². The summed E-state index contributed by atoms with van der Waals surface area (Å²) in [5.41, 5.74) is 0.757. The molecule has 0 bridgehead atoms. The Morgan fingerprint density at radius 2 is 2.42 bits per heavy atom. The lowest BCUT2D eigenvalue weighted by atomic mass is 10.2. The average molecular weight is 227 g/mol. The Kier molecular flexibility index (Phi) is 3.14. The van der Waals surface area contributed by atoms with Gasteiger partial charge in [-0.1, -0.05) is 6.07 Å².